The van der Waals surface area contributed by atoms with Crippen LogP contribution in [0, 0.1) is 12.7 Å². The Hall–Kier alpha value is -0.710. The molecule has 0 aliphatic carbocycles. The number of thiophene rings is 1. The number of ketones is 1. The average Bonchev–Trinajstić information content (AvgIpc) is 2.62. The molecule has 0 aliphatic heterocycles. The second-order valence-electron chi connectivity index (χ2n) is 3.53. The van der Waals surface area contributed by atoms with Gasteiger partial charge in [0.05, 0.1) is 4.88 Å². The van der Waals surface area contributed by atoms with E-state index in [9.17, 15) is 9.18 Å². The average molecular weight is 334 g/mol. The molecule has 0 bridgehead atoms. The van der Waals surface area contributed by atoms with Crippen molar-refractivity contribution in [2.45, 2.75) is 6.92 Å². The summed E-state index contributed by atoms with van der Waals surface area (Å²) in [5.74, 6) is -0.598. The summed E-state index contributed by atoms with van der Waals surface area (Å²) >= 11 is 10.3. The van der Waals surface area contributed by atoms with E-state index in [0.717, 1.165) is 0 Å². The first kappa shape index (κ1) is 12.7. The van der Waals surface area contributed by atoms with Crippen LogP contribution in [0.15, 0.2) is 28.7 Å². The van der Waals surface area contributed by atoms with E-state index in [4.69, 9.17) is 11.6 Å². The molecule has 88 valence electrons. The van der Waals surface area contributed by atoms with Crippen LogP contribution in [-0.4, -0.2) is 5.78 Å². The lowest BCUT2D eigenvalue weighted by Gasteiger charge is -2.00. The standard InChI is InChI=1S/C12H7BrClFOS/c1-6-2-3-7(4-9(6)15)11(16)10-5-8(13)12(14)17-10/h2-5H,1H3. The summed E-state index contributed by atoms with van der Waals surface area (Å²) < 4.78 is 14.6. The molecule has 17 heavy (non-hydrogen) atoms. The molecule has 0 spiro atoms. The Labute approximate surface area is 115 Å². The highest BCUT2D eigenvalue weighted by atomic mass is 79.9. The fraction of sp³-hybridized carbons (Fsp3) is 0.0833. The number of carbonyl (C=O) groups excluding carboxylic acids is 1. The topological polar surface area (TPSA) is 17.1 Å². The number of hydrogen-bond acceptors (Lipinski definition) is 2. The fourth-order valence-corrected chi connectivity index (χ4v) is 3.00. The van der Waals surface area contributed by atoms with E-state index in [1.165, 1.54) is 17.4 Å². The van der Waals surface area contributed by atoms with Gasteiger partial charge in [0.15, 0.2) is 0 Å². The van der Waals surface area contributed by atoms with Crippen LogP contribution in [0.2, 0.25) is 4.34 Å². The van der Waals surface area contributed by atoms with Crippen LogP contribution in [0.25, 0.3) is 0 Å². The summed E-state index contributed by atoms with van der Waals surface area (Å²) in [6, 6.07) is 6.10. The predicted molar refractivity (Wildman–Crippen MR) is 71.6 cm³/mol. The van der Waals surface area contributed by atoms with Crippen molar-refractivity contribution < 1.29 is 9.18 Å². The van der Waals surface area contributed by atoms with Gasteiger partial charge in [-0.25, -0.2) is 4.39 Å². The highest BCUT2D eigenvalue weighted by molar-refractivity contribution is 9.10. The van der Waals surface area contributed by atoms with Gasteiger partial charge in [-0.05, 0) is 40.5 Å². The summed E-state index contributed by atoms with van der Waals surface area (Å²) in [5, 5.41) is 0. The maximum atomic E-state index is 13.4. The highest BCUT2D eigenvalue weighted by Gasteiger charge is 2.15. The number of carbonyl (C=O) groups is 1. The predicted octanol–water partition coefficient (Wildman–Crippen LogP) is 4.84. The number of aryl methyl sites for hydroxylation is 1. The molecule has 0 radical (unpaired) electrons. The molecule has 0 amide bonds. The molecule has 0 fully saturated rings. The lowest BCUT2D eigenvalue weighted by atomic mass is 10.1. The Bertz CT molecular complexity index is 575. The number of rotatable bonds is 2. The van der Waals surface area contributed by atoms with Crippen molar-refractivity contribution in [1.29, 1.82) is 0 Å². The zero-order chi connectivity index (χ0) is 12.6. The van der Waals surface area contributed by atoms with Gasteiger partial charge in [-0.1, -0.05) is 23.7 Å². The van der Waals surface area contributed by atoms with Gasteiger partial charge in [-0.2, -0.15) is 0 Å². The van der Waals surface area contributed by atoms with Crippen molar-refractivity contribution >= 4 is 44.7 Å². The number of hydrogen-bond donors (Lipinski definition) is 0. The molecule has 1 heterocycles. The molecule has 2 aromatic rings. The van der Waals surface area contributed by atoms with Gasteiger partial charge < -0.3 is 0 Å². The van der Waals surface area contributed by atoms with Crippen molar-refractivity contribution in [3.63, 3.8) is 0 Å². The largest absolute Gasteiger partial charge is 0.288 e. The van der Waals surface area contributed by atoms with Gasteiger partial charge in [0.2, 0.25) is 5.78 Å². The van der Waals surface area contributed by atoms with Crippen LogP contribution in [0.5, 0.6) is 0 Å². The van der Waals surface area contributed by atoms with Crippen molar-refractivity contribution in [2.75, 3.05) is 0 Å². The maximum absolute atomic E-state index is 13.4. The summed E-state index contributed by atoms with van der Waals surface area (Å²) in [6.45, 7) is 1.65. The van der Waals surface area contributed by atoms with E-state index in [1.54, 1.807) is 25.1 Å². The lowest BCUT2D eigenvalue weighted by molar-refractivity contribution is 0.104. The van der Waals surface area contributed by atoms with Crippen molar-refractivity contribution in [2.24, 2.45) is 0 Å². The molecule has 5 heteroatoms. The molecule has 0 saturated heterocycles. The summed E-state index contributed by atoms with van der Waals surface area (Å²) in [5.41, 5.74) is 0.852. The number of benzene rings is 1. The third-order valence-corrected chi connectivity index (χ3v) is 4.78. The number of halogens is 3. The summed E-state index contributed by atoms with van der Waals surface area (Å²) in [4.78, 5) is 12.5. The zero-order valence-corrected chi connectivity index (χ0v) is 11.9. The second kappa shape index (κ2) is 4.88. The van der Waals surface area contributed by atoms with Crippen LogP contribution < -0.4 is 0 Å². The smallest absolute Gasteiger partial charge is 0.203 e. The van der Waals surface area contributed by atoms with Crippen molar-refractivity contribution in [3.05, 3.63) is 54.9 Å². The minimum atomic E-state index is -0.377. The fourth-order valence-electron chi connectivity index (χ4n) is 1.33. The van der Waals surface area contributed by atoms with Crippen LogP contribution in [0.1, 0.15) is 20.8 Å². The molecule has 0 N–H and O–H groups in total. The van der Waals surface area contributed by atoms with Gasteiger partial charge in [-0.3, -0.25) is 4.79 Å². The van der Waals surface area contributed by atoms with E-state index >= 15 is 0 Å². The Morgan fingerprint density at radius 1 is 1.41 bits per heavy atom. The molecule has 0 unspecified atom stereocenters. The Morgan fingerprint density at radius 3 is 2.65 bits per heavy atom. The quantitative estimate of drug-likeness (QED) is 0.719. The molecule has 1 aromatic carbocycles. The molecule has 1 nitrogen and oxygen atoms in total. The molecule has 0 atom stereocenters. The maximum Gasteiger partial charge on any atom is 0.203 e. The summed E-state index contributed by atoms with van der Waals surface area (Å²) in [6.07, 6.45) is 0. The zero-order valence-electron chi connectivity index (χ0n) is 8.76. The minimum Gasteiger partial charge on any atom is -0.288 e. The third-order valence-electron chi connectivity index (χ3n) is 2.30. The van der Waals surface area contributed by atoms with Crippen LogP contribution >= 0.6 is 38.9 Å². The molecular weight excluding hydrogens is 327 g/mol. The Balaban J connectivity index is 2.40. The first-order valence-corrected chi connectivity index (χ1v) is 6.73. The Kier molecular flexibility index (Phi) is 3.66. The molecule has 1 aromatic heterocycles. The van der Waals surface area contributed by atoms with E-state index in [1.807, 2.05) is 0 Å². The minimum absolute atomic E-state index is 0.221. The van der Waals surface area contributed by atoms with E-state index in [2.05, 4.69) is 15.9 Å². The molecule has 0 saturated carbocycles. The van der Waals surface area contributed by atoms with E-state index < -0.39 is 0 Å². The molecule has 2 rings (SSSR count). The van der Waals surface area contributed by atoms with Gasteiger partial charge in [-0.15, -0.1) is 11.3 Å². The first-order valence-electron chi connectivity index (χ1n) is 4.74. The van der Waals surface area contributed by atoms with Gasteiger partial charge >= 0.3 is 0 Å². The van der Waals surface area contributed by atoms with E-state index in [-0.39, 0.29) is 11.6 Å². The van der Waals surface area contributed by atoms with Gasteiger partial charge in [0.25, 0.3) is 0 Å². The monoisotopic (exact) mass is 332 g/mol. The first-order chi connectivity index (χ1) is 7.99. The Morgan fingerprint density at radius 2 is 2.12 bits per heavy atom. The van der Waals surface area contributed by atoms with Crippen LogP contribution in [-0.2, 0) is 0 Å². The highest BCUT2D eigenvalue weighted by Crippen LogP contribution is 2.33. The normalized spacial score (nSPS) is 10.6. The van der Waals surface area contributed by atoms with Gasteiger partial charge in [0, 0.05) is 10.0 Å². The van der Waals surface area contributed by atoms with Crippen molar-refractivity contribution in [3.8, 4) is 0 Å². The summed E-state index contributed by atoms with van der Waals surface area (Å²) in [7, 11) is 0. The van der Waals surface area contributed by atoms with Crippen molar-refractivity contribution in [1.82, 2.24) is 0 Å². The lowest BCUT2D eigenvalue weighted by Crippen LogP contribution is -1.99. The molecular formula is C12H7BrClFOS. The van der Waals surface area contributed by atoms with Crippen LogP contribution in [0.3, 0.4) is 0 Å². The SMILES string of the molecule is Cc1ccc(C(=O)c2cc(Br)c(Cl)s2)cc1F. The molecule has 0 aliphatic rings. The van der Waals surface area contributed by atoms with Crippen LogP contribution in [0.4, 0.5) is 4.39 Å². The van der Waals surface area contributed by atoms with Gasteiger partial charge in [0.1, 0.15) is 10.2 Å². The second-order valence-corrected chi connectivity index (χ2v) is 6.03. The van der Waals surface area contributed by atoms with E-state index in [0.29, 0.717) is 24.8 Å². The third kappa shape index (κ3) is 2.59.